The monoisotopic (exact) mass is 282 g/mol. The molecule has 1 heterocycles. The molecule has 0 amide bonds. The fraction of sp³-hybridized carbons (Fsp3) is 0.571. The molecule has 0 radical (unpaired) electrons. The van der Waals surface area contributed by atoms with Gasteiger partial charge in [-0.2, -0.15) is 4.39 Å². The number of nitro benzene ring substituents is 1. The van der Waals surface area contributed by atoms with Gasteiger partial charge in [-0.3, -0.25) is 15.0 Å². The molecule has 0 spiro atoms. The quantitative estimate of drug-likeness (QED) is 0.615. The fourth-order valence-corrected chi connectivity index (χ4v) is 2.52. The van der Waals surface area contributed by atoms with E-state index in [-0.39, 0.29) is 0 Å². The van der Waals surface area contributed by atoms with E-state index in [0.717, 1.165) is 38.1 Å². The Bertz CT molecular complexity index is 473. The average molecular weight is 282 g/mol. The highest BCUT2D eigenvalue weighted by molar-refractivity contribution is 5.34. The van der Waals surface area contributed by atoms with Crippen molar-refractivity contribution < 1.29 is 14.1 Å². The maximum Gasteiger partial charge on any atom is 0.304 e. The number of rotatable bonds is 5. The van der Waals surface area contributed by atoms with Gasteiger partial charge in [-0.15, -0.1) is 0 Å². The molecule has 6 heteroatoms. The molecule has 0 unspecified atom stereocenters. The zero-order valence-corrected chi connectivity index (χ0v) is 11.5. The van der Waals surface area contributed by atoms with Gasteiger partial charge in [0.2, 0.25) is 5.82 Å². The topological polar surface area (TPSA) is 55.6 Å². The van der Waals surface area contributed by atoms with Gasteiger partial charge in [-0.25, -0.2) is 0 Å². The van der Waals surface area contributed by atoms with Gasteiger partial charge in [0.15, 0.2) is 0 Å². The Kier molecular flexibility index (Phi) is 5.03. The molecule has 110 valence electrons. The summed E-state index contributed by atoms with van der Waals surface area (Å²) in [6.45, 7) is 5.16. The second-order valence-electron chi connectivity index (χ2n) is 4.97. The summed E-state index contributed by atoms with van der Waals surface area (Å²) in [7, 11) is 0. The second kappa shape index (κ2) is 6.76. The Morgan fingerprint density at radius 2 is 2.15 bits per heavy atom. The smallest absolute Gasteiger partial charge is 0.304 e. The third-order valence-electron chi connectivity index (χ3n) is 3.55. The summed E-state index contributed by atoms with van der Waals surface area (Å²) in [6.07, 6.45) is 2.27. The van der Waals surface area contributed by atoms with Gasteiger partial charge in [0, 0.05) is 32.3 Å². The molecule has 1 fully saturated rings. The summed E-state index contributed by atoms with van der Waals surface area (Å²) in [5.41, 5.74) is 0.298. The molecule has 0 atom stereocenters. The molecule has 0 saturated carbocycles. The Labute approximate surface area is 117 Å². The lowest BCUT2D eigenvalue weighted by Crippen LogP contribution is -2.36. The van der Waals surface area contributed by atoms with Gasteiger partial charge in [0.1, 0.15) is 0 Å². The Balaban J connectivity index is 1.91. The molecule has 1 aliphatic heterocycles. The van der Waals surface area contributed by atoms with Crippen LogP contribution in [0, 0.1) is 15.9 Å². The lowest BCUT2D eigenvalue weighted by atomic mass is 10.1. The van der Waals surface area contributed by atoms with E-state index < -0.39 is 16.4 Å². The van der Waals surface area contributed by atoms with Crippen molar-refractivity contribution in [3.05, 3.63) is 39.7 Å². The first-order valence-electron chi connectivity index (χ1n) is 6.87. The van der Waals surface area contributed by atoms with Crippen LogP contribution in [0.2, 0.25) is 0 Å². The first-order valence-corrected chi connectivity index (χ1v) is 6.87. The van der Waals surface area contributed by atoms with E-state index in [1.165, 1.54) is 12.1 Å². The SMILES string of the molecule is CCOC1CCN(Cc2ccc([N+](=O)[O-])c(F)c2)CC1. The third kappa shape index (κ3) is 3.74. The number of benzene rings is 1. The van der Waals surface area contributed by atoms with Crippen LogP contribution in [0.15, 0.2) is 18.2 Å². The number of hydrogen-bond acceptors (Lipinski definition) is 4. The number of halogens is 1. The van der Waals surface area contributed by atoms with Crippen LogP contribution in [-0.4, -0.2) is 35.6 Å². The number of piperidine rings is 1. The minimum Gasteiger partial charge on any atom is -0.378 e. The molecule has 5 nitrogen and oxygen atoms in total. The van der Waals surface area contributed by atoms with Crippen molar-refractivity contribution in [2.75, 3.05) is 19.7 Å². The van der Waals surface area contributed by atoms with Crippen molar-refractivity contribution in [2.24, 2.45) is 0 Å². The van der Waals surface area contributed by atoms with Gasteiger partial charge in [0.25, 0.3) is 0 Å². The van der Waals surface area contributed by atoms with E-state index in [1.54, 1.807) is 6.07 Å². The van der Waals surface area contributed by atoms with Gasteiger partial charge in [-0.05, 0) is 31.4 Å². The average Bonchev–Trinajstić information content (AvgIpc) is 2.41. The van der Waals surface area contributed by atoms with Crippen LogP contribution in [0.4, 0.5) is 10.1 Å². The molecule has 1 aliphatic rings. The Morgan fingerprint density at radius 3 is 2.70 bits per heavy atom. The van der Waals surface area contributed by atoms with Crippen molar-refractivity contribution >= 4 is 5.69 Å². The number of nitro groups is 1. The van der Waals surface area contributed by atoms with Crippen molar-refractivity contribution in [1.82, 2.24) is 4.90 Å². The lowest BCUT2D eigenvalue weighted by molar-refractivity contribution is -0.387. The van der Waals surface area contributed by atoms with Crippen molar-refractivity contribution in [2.45, 2.75) is 32.4 Å². The first kappa shape index (κ1) is 14.9. The summed E-state index contributed by atoms with van der Waals surface area (Å²) in [5, 5.41) is 10.6. The molecule has 20 heavy (non-hydrogen) atoms. The van der Waals surface area contributed by atoms with E-state index in [1.807, 2.05) is 6.92 Å². The molecular formula is C14H19FN2O3. The van der Waals surface area contributed by atoms with Crippen LogP contribution in [0.1, 0.15) is 25.3 Å². The van der Waals surface area contributed by atoms with Gasteiger partial charge >= 0.3 is 5.69 Å². The summed E-state index contributed by atoms with van der Waals surface area (Å²) < 4.78 is 19.1. The Morgan fingerprint density at radius 1 is 1.45 bits per heavy atom. The predicted molar refractivity (Wildman–Crippen MR) is 73.0 cm³/mol. The molecular weight excluding hydrogens is 263 g/mol. The number of likely N-dealkylation sites (tertiary alicyclic amines) is 1. The van der Waals surface area contributed by atoms with Crippen LogP contribution in [0.3, 0.4) is 0 Å². The molecule has 0 aromatic heterocycles. The molecule has 1 aromatic carbocycles. The van der Waals surface area contributed by atoms with E-state index in [9.17, 15) is 14.5 Å². The maximum atomic E-state index is 13.5. The summed E-state index contributed by atoms with van der Waals surface area (Å²) in [5.74, 6) is -0.767. The zero-order valence-electron chi connectivity index (χ0n) is 11.5. The van der Waals surface area contributed by atoms with E-state index >= 15 is 0 Å². The minimum absolute atomic E-state index is 0.324. The van der Waals surface area contributed by atoms with Crippen molar-refractivity contribution in [3.63, 3.8) is 0 Å². The molecule has 2 rings (SSSR count). The van der Waals surface area contributed by atoms with Crippen LogP contribution < -0.4 is 0 Å². The summed E-state index contributed by atoms with van der Waals surface area (Å²) >= 11 is 0. The van der Waals surface area contributed by atoms with Crippen LogP contribution in [0.5, 0.6) is 0 Å². The highest BCUT2D eigenvalue weighted by Crippen LogP contribution is 2.21. The molecule has 1 aromatic rings. The number of ether oxygens (including phenoxy) is 1. The fourth-order valence-electron chi connectivity index (χ4n) is 2.52. The van der Waals surface area contributed by atoms with E-state index in [0.29, 0.717) is 12.6 Å². The first-order chi connectivity index (χ1) is 9.60. The zero-order chi connectivity index (χ0) is 14.5. The van der Waals surface area contributed by atoms with Crippen molar-refractivity contribution in [3.8, 4) is 0 Å². The number of hydrogen-bond donors (Lipinski definition) is 0. The van der Waals surface area contributed by atoms with Gasteiger partial charge in [-0.1, -0.05) is 6.07 Å². The van der Waals surface area contributed by atoms with Crippen molar-refractivity contribution in [1.29, 1.82) is 0 Å². The third-order valence-corrected chi connectivity index (χ3v) is 3.55. The van der Waals surface area contributed by atoms with Gasteiger partial charge < -0.3 is 4.74 Å². The van der Waals surface area contributed by atoms with Crippen LogP contribution in [-0.2, 0) is 11.3 Å². The molecule has 0 bridgehead atoms. The predicted octanol–water partition coefficient (Wildman–Crippen LogP) is 2.73. The van der Waals surface area contributed by atoms with Gasteiger partial charge in [0.05, 0.1) is 11.0 Å². The maximum absolute atomic E-state index is 13.5. The number of nitrogens with zero attached hydrogens (tertiary/aromatic N) is 2. The lowest BCUT2D eigenvalue weighted by Gasteiger charge is -2.31. The largest absolute Gasteiger partial charge is 0.378 e. The molecule has 0 N–H and O–H groups in total. The highest BCUT2D eigenvalue weighted by Gasteiger charge is 2.20. The Hall–Kier alpha value is -1.53. The van der Waals surface area contributed by atoms with Crippen LogP contribution >= 0.6 is 0 Å². The van der Waals surface area contributed by atoms with E-state index in [4.69, 9.17) is 4.74 Å². The summed E-state index contributed by atoms with van der Waals surface area (Å²) in [6, 6.07) is 4.11. The molecule has 1 saturated heterocycles. The standard InChI is InChI=1S/C14H19FN2O3/c1-2-20-12-5-7-16(8-6-12)10-11-3-4-14(17(18)19)13(15)9-11/h3-4,9,12H,2,5-8,10H2,1H3. The normalized spacial score (nSPS) is 17.3. The van der Waals surface area contributed by atoms with Crippen LogP contribution in [0.25, 0.3) is 0 Å². The molecule has 0 aliphatic carbocycles. The highest BCUT2D eigenvalue weighted by atomic mass is 19.1. The van der Waals surface area contributed by atoms with E-state index in [2.05, 4.69) is 4.90 Å². The second-order valence-corrected chi connectivity index (χ2v) is 4.97. The minimum atomic E-state index is -0.767. The summed E-state index contributed by atoms with van der Waals surface area (Å²) in [4.78, 5) is 12.1.